The lowest BCUT2D eigenvalue weighted by Crippen LogP contribution is -2.42. The van der Waals surface area contributed by atoms with Crippen LogP contribution in [0.15, 0.2) is 24.3 Å². The number of alkyl carbamates (subject to hydrolysis) is 1. The van der Waals surface area contributed by atoms with Gasteiger partial charge in [-0.3, -0.25) is 0 Å². The highest BCUT2D eigenvalue weighted by Crippen LogP contribution is 2.29. The topological polar surface area (TPSA) is 58.6 Å². The van der Waals surface area contributed by atoms with Crippen LogP contribution in [0.5, 0.6) is 0 Å². The lowest BCUT2D eigenvalue weighted by Gasteiger charge is -2.23. The van der Waals surface area contributed by atoms with E-state index in [-0.39, 0.29) is 6.42 Å². The molecule has 0 radical (unpaired) electrons. The average molecular weight is 319 g/mol. The first-order valence-corrected chi connectivity index (χ1v) is 6.78. The molecule has 124 valence electrons. The van der Waals surface area contributed by atoms with Crippen molar-refractivity contribution in [2.24, 2.45) is 0 Å². The standard InChI is InChI=1S/C15H20F3NO3/c1-14(2,3)22-13(21)19-12(9-20)8-10-5-4-6-11(7-10)15(16,17)18/h4-7,12,20H,8-9H2,1-3H3,(H,19,21). The highest BCUT2D eigenvalue weighted by molar-refractivity contribution is 5.68. The number of rotatable bonds is 4. The highest BCUT2D eigenvalue weighted by atomic mass is 19.4. The summed E-state index contributed by atoms with van der Waals surface area (Å²) < 4.78 is 43.0. The van der Waals surface area contributed by atoms with Crippen LogP contribution >= 0.6 is 0 Å². The largest absolute Gasteiger partial charge is 0.444 e. The van der Waals surface area contributed by atoms with Crippen LogP contribution in [0.4, 0.5) is 18.0 Å². The molecule has 1 amide bonds. The van der Waals surface area contributed by atoms with Gasteiger partial charge in [-0.25, -0.2) is 4.79 Å². The Morgan fingerprint density at radius 1 is 1.32 bits per heavy atom. The van der Waals surface area contributed by atoms with Gasteiger partial charge in [0.05, 0.1) is 18.2 Å². The summed E-state index contributed by atoms with van der Waals surface area (Å²) in [5, 5.41) is 11.7. The summed E-state index contributed by atoms with van der Waals surface area (Å²) in [5.41, 5.74) is -1.09. The Labute approximate surface area is 127 Å². The van der Waals surface area contributed by atoms with E-state index in [2.05, 4.69) is 5.32 Å². The van der Waals surface area contributed by atoms with Gasteiger partial charge in [0, 0.05) is 0 Å². The number of amides is 1. The molecule has 1 aromatic carbocycles. The van der Waals surface area contributed by atoms with Gasteiger partial charge in [-0.15, -0.1) is 0 Å². The van der Waals surface area contributed by atoms with Gasteiger partial charge in [0.2, 0.25) is 0 Å². The van der Waals surface area contributed by atoms with Crippen molar-refractivity contribution < 1.29 is 27.8 Å². The first-order chi connectivity index (χ1) is 10.0. The van der Waals surface area contributed by atoms with Crippen LogP contribution < -0.4 is 5.32 Å². The van der Waals surface area contributed by atoms with Crippen molar-refractivity contribution in [1.29, 1.82) is 0 Å². The smallest absolute Gasteiger partial charge is 0.416 e. The summed E-state index contributed by atoms with van der Waals surface area (Å²) in [6.45, 7) is 4.66. The fourth-order valence-corrected chi connectivity index (χ4v) is 1.79. The molecule has 1 unspecified atom stereocenters. The molecule has 0 aliphatic rings. The molecule has 4 nitrogen and oxygen atoms in total. The maximum atomic E-state index is 12.6. The molecule has 1 aromatic rings. The van der Waals surface area contributed by atoms with Crippen LogP contribution in [0.1, 0.15) is 31.9 Å². The summed E-state index contributed by atoms with van der Waals surface area (Å²) in [5.74, 6) is 0. The van der Waals surface area contributed by atoms with Crippen molar-refractivity contribution in [1.82, 2.24) is 5.32 Å². The molecule has 0 aromatic heterocycles. The van der Waals surface area contributed by atoms with Crippen molar-refractivity contribution in [2.75, 3.05) is 6.61 Å². The van der Waals surface area contributed by atoms with Crippen LogP contribution in [-0.4, -0.2) is 29.4 Å². The van der Waals surface area contributed by atoms with E-state index in [9.17, 15) is 23.1 Å². The molecule has 0 fully saturated rings. The number of aliphatic hydroxyl groups excluding tert-OH is 1. The first kappa shape index (κ1) is 18.3. The van der Waals surface area contributed by atoms with Crippen LogP contribution in [0.2, 0.25) is 0 Å². The number of alkyl halides is 3. The number of hydrogen-bond donors (Lipinski definition) is 2. The van der Waals surface area contributed by atoms with Gasteiger partial charge in [0.1, 0.15) is 5.60 Å². The zero-order valence-electron chi connectivity index (χ0n) is 12.7. The van der Waals surface area contributed by atoms with Crippen molar-refractivity contribution in [2.45, 2.75) is 45.0 Å². The van der Waals surface area contributed by atoms with Gasteiger partial charge in [-0.1, -0.05) is 18.2 Å². The minimum absolute atomic E-state index is 0.0691. The molecule has 0 aliphatic carbocycles. The van der Waals surface area contributed by atoms with Gasteiger partial charge in [-0.05, 0) is 38.8 Å². The minimum atomic E-state index is -4.43. The van der Waals surface area contributed by atoms with Gasteiger partial charge in [-0.2, -0.15) is 13.2 Å². The molecule has 0 heterocycles. The summed E-state index contributed by atoms with van der Waals surface area (Å²) in [4.78, 5) is 11.6. The maximum absolute atomic E-state index is 12.6. The van der Waals surface area contributed by atoms with E-state index in [0.29, 0.717) is 5.56 Å². The SMILES string of the molecule is CC(C)(C)OC(=O)NC(CO)Cc1cccc(C(F)(F)F)c1. The number of hydrogen-bond acceptors (Lipinski definition) is 3. The van der Waals surface area contributed by atoms with E-state index in [1.165, 1.54) is 12.1 Å². The van der Waals surface area contributed by atoms with E-state index in [4.69, 9.17) is 4.74 Å². The Morgan fingerprint density at radius 3 is 2.45 bits per heavy atom. The zero-order chi connectivity index (χ0) is 17.0. The lowest BCUT2D eigenvalue weighted by atomic mass is 10.0. The summed E-state index contributed by atoms with van der Waals surface area (Å²) >= 11 is 0. The molecule has 0 aliphatic heterocycles. The Morgan fingerprint density at radius 2 is 1.95 bits per heavy atom. The number of carbonyl (C=O) groups is 1. The molecule has 1 atom stereocenters. The monoisotopic (exact) mass is 319 g/mol. The Bertz CT molecular complexity index is 509. The summed E-state index contributed by atoms with van der Waals surface area (Å²) in [7, 11) is 0. The normalized spacial score (nSPS) is 13.6. The van der Waals surface area contributed by atoms with Gasteiger partial charge >= 0.3 is 12.3 Å². The van der Waals surface area contributed by atoms with Gasteiger partial charge < -0.3 is 15.2 Å². The predicted octanol–water partition coefficient (Wildman–Crippen LogP) is 3.13. The van der Waals surface area contributed by atoms with Gasteiger partial charge in [0.25, 0.3) is 0 Å². The third-order valence-electron chi connectivity index (χ3n) is 2.68. The van der Waals surface area contributed by atoms with Crippen LogP contribution in [-0.2, 0) is 17.3 Å². The molecule has 2 N–H and O–H groups in total. The van der Waals surface area contributed by atoms with Crippen LogP contribution in [0.25, 0.3) is 0 Å². The molecule has 0 saturated heterocycles. The van der Waals surface area contributed by atoms with Gasteiger partial charge in [0.15, 0.2) is 0 Å². The van der Waals surface area contributed by atoms with Crippen LogP contribution in [0.3, 0.4) is 0 Å². The maximum Gasteiger partial charge on any atom is 0.416 e. The fourth-order valence-electron chi connectivity index (χ4n) is 1.79. The number of benzene rings is 1. The second-order valence-corrected chi connectivity index (χ2v) is 5.93. The van der Waals surface area contributed by atoms with Crippen molar-refractivity contribution in [3.8, 4) is 0 Å². The lowest BCUT2D eigenvalue weighted by molar-refractivity contribution is -0.137. The third kappa shape index (κ3) is 6.34. The minimum Gasteiger partial charge on any atom is -0.444 e. The molecule has 22 heavy (non-hydrogen) atoms. The van der Waals surface area contributed by atoms with E-state index in [1.54, 1.807) is 20.8 Å². The number of nitrogens with one attached hydrogen (secondary N) is 1. The molecule has 0 saturated carbocycles. The zero-order valence-corrected chi connectivity index (χ0v) is 12.7. The predicted molar refractivity (Wildman–Crippen MR) is 75.4 cm³/mol. The second-order valence-electron chi connectivity index (χ2n) is 5.93. The first-order valence-electron chi connectivity index (χ1n) is 6.78. The molecule has 0 bridgehead atoms. The molecular formula is C15H20F3NO3. The van der Waals surface area contributed by atoms with E-state index >= 15 is 0 Å². The number of carbonyl (C=O) groups excluding carboxylic acids is 1. The molecule has 1 rings (SSSR count). The quantitative estimate of drug-likeness (QED) is 0.896. The molecule has 7 heteroatoms. The van der Waals surface area contributed by atoms with Crippen LogP contribution in [0, 0.1) is 0 Å². The Hall–Kier alpha value is -1.76. The third-order valence-corrected chi connectivity index (χ3v) is 2.68. The summed E-state index contributed by atoms with van der Waals surface area (Å²) in [6.07, 6.45) is -5.08. The Kier molecular flexibility index (Phi) is 5.82. The van der Waals surface area contributed by atoms with Crippen molar-refractivity contribution in [3.05, 3.63) is 35.4 Å². The van der Waals surface area contributed by atoms with E-state index in [1.807, 2.05) is 0 Å². The highest BCUT2D eigenvalue weighted by Gasteiger charge is 2.30. The number of halogens is 3. The number of ether oxygens (including phenoxy) is 1. The molecule has 0 spiro atoms. The molecular weight excluding hydrogens is 299 g/mol. The van der Waals surface area contributed by atoms with E-state index < -0.39 is 36.1 Å². The summed E-state index contributed by atoms with van der Waals surface area (Å²) in [6, 6.07) is 4.05. The fraction of sp³-hybridized carbons (Fsp3) is 0.533. The van der Waals surface area contributed by atoms with Crippen molar-refractivity contribution >= 4 is 6.09 Å². The second kappa shape index (κ2) is 7.00. The van der Waals surface area contributed by atoms with E-state index in [0.717, 1.165) is 12.1 Å². The van der Waals surface area contributed by atoms with Crippen molar-refractivity contribution in [3.63, 3.8) is 0 Å². The number of aliphatic hydroxyl groups is 1. The average Bonchev–Trinajstić information content (AvgIpc) is 2.35. The Balaban J connectivity index is 2.73.